The molecule has 8 N–H and O–H groups in total. The Labute approximate surface area is 353 Å². The van der Waals surface area contributed by atoms with Crippen LogP contribution in [0.3, 0.4) is 0 Å². The molecule has 25 heteroatoms. The lowest BCUT2D eigenvalue weighted by molar-refractivity contribution is -0.0237. The molecule has 2 unspecified atom stereocenters. The third-order valence-corrected chi connectivity index (χ3v) is 15.8. The summed E-state index contributed by atoms with van der Waals surface area (Å²) in [5, 5.41) is 26.0. The van der Waals surface area contributed by atoms with Gasteiger partial charge in [-0.2, -0.15) is 8.62 Å². The van der Waals surface area contributed by atoms with Crippen molar-refractivity contribution in [2.75, 3.05) is 31.0 Å². The Morgan fingerprint density at radius 2 is 1.72 bits per heavy atom. The topological polar surface area (TPSA) is 294 Å². The van der Waals surface area contributed by atoms with E-state index in [1.54, 1.807) is 39.0 Å². The van der Waals surface area contributed by atoms with Crippen LogP contribution in [-0.4, -0.2) is 93.0 Å². The van der Waals surface area contributed by atoms with Gasteiger partial charge in [-0.3, -0.25) is 9.32 Å². The number of hydrogen-bond donors (Lipinski definition) is 8. The standard InChI is InChI=1S/C35H45BN3O16P3S2/c1-6-38-26-13-28-24(10-19(26)3)32(23-9-18(2)25(37)12-27(23)52-28)21-8-7-20(11-22(21)34(41)42)33(40)39-16-35(4,5)60-59-17-50-29-14-31(36)53-30(29)15-51-57(46,47)55-58(48,49)54-56(43,44)45/h7-13,29-31,37-38H,6,14-17,36H2,1-5H3,(H,39,40)(H,41,42)(H,46,47)(H,48,49)(H2,43,44,45)/t29-,30-,31-/m1/s1. The zero-order chi connectivity index (χ0) is 44.4. The molecule has 2 aromatic carbocycles. The van der Waals surface area contributed by atoms with E-state index in [2.05, 4.69) is 19.3 Å². The summed E-state index contributed by atoms with van der Waals surface area (Å²) < 4.78 is 64.2. The quantitative estimate of drug-likeness (QED) is 0.0139. The maximum Gasteiger partial charge on any atom is 0.490 e. The number of ether oxygens (including phenoxy) is 2. The second-order valence-corrected chi connectivity index (χ2v) is 21.8. The number of carbonyl (C=O) groups is 2. The zero-order valence-electron chi connectivity index (χ0n) is 33.2. The lowest BCUT2D eigenvalue weighted by atomic mass is 9.88. The lowest BCUT2D eigenvalue weighted by Gasteiger charge is -2.25. The third-order valence-electron chi connectivity index (χ3n) is 9.05. The van der Waals surface area contributed by atoms with E-state index in [0.29, 0.717) is 51.9 Å². The van der Waals surface area contributed by atoms with Crippen LogP contribution in [0.1, 0.15) is 59.0 Å². The number of carbonyl (C=O) groups excluding carboxylic acids is 1. The van der Waals surface area contributed by atoms with Crippen molar-refractivity contribution in [1.29, 1.82) is 5.41 Å². The predicted octanol–water partition coefficient (Wildman–Crippen LogP) is 5.75. The van der Waals surface area contributed by atoms with Crippen molar-refractivity contribution >= 4 is 81.4 Å². The Morgan fingerprint density at radius 1 is 1.00 bits per heavy atom. The minimum atomic E-state index is -5.67. The Morgan fingerprint density at radius 3 is 2.38 bits per heavy atom. The number of fused-ring (bicyclic) bond motifs is 2. The van der Waals surface area contributed by atoms with Gasteiger partial charge in [0.25, 0.3) is 5.91 Å². The van der Waals surface area contributed by atoms with Crippen LogP contribution < -0.4 is 16.0 Å². The normalized spacial score (nSPS) is 19.2. The molecule has 0 saturated carbocycles. The van der Waals surface area contributed by atoms with Gasteiger partial charge >= 0.3 is 29.4 Å². The summed E-state index contributed by atoms with van der Waals surface area (Å²) in [5.41, 5.74) is 4.60. The number of rotatable bonds is 19. The number of carboxylic acid groups (broad SMARTS) is 1. The molecule has 2 aromatic rings. The fraction of sp³-hybridized carbons (Fsp3) is 0.400. The number of aryl methyl sites for hydroxylation is 2. The molecule has 60 heavy (non-hydrogen) atoms. The molecule has 3 aliphatic rings. The van der Waals surface area contributed by atoms with Crippen molar-refractivity contribution in [2.45, 2.75) is 64.0 Å². The molecule has 1 saturated heterocycles. The summed E-state index contributed by atoms with van der Waals surface area (Å²) in [4.78, 5) is 62.9. The Kier molecular flexibility index (Phi) is 15.3. The fourth-order valence-corrected chi connectivity index (χ4v) is 11.6. The largest absolute Gasteiger partial charge is 0.490 e. The van der Waals surface area contributed by atoms with Gasteiger partial charge < -0.3 is 54.6 Å². The third kappa shape index (κ3) is 12.5. The average molecular weight is 932 g/mol. The summed E-state index contributed by atoms with van der Waals surface area (Å²) in [5.74, 6) is -1.21. The highest BCUT2D eigenvalue weighted by Gasteiger charge is 2.42. The first-order valence-corrected chi connectivity index (χ1v) is 25.0. The van der Waals surface area contributed by atoms with E-state index in [4.69, 9.17) is 33.6 Å². The maximum absolute atomic E-state index is 13.5. The highest BCUT2D eigenvalue weighted by Crippen LogP contribution is 2.66. The Balaban J connectivity index is 1.23. The monoisotopic (exact) mass is 931 g/mol. The predicted molar refractivity (Wildman–Crippen MR) is 228 cm³/mol. The minimum Gasteiger partial charge on any atom is -0.478 e. The molecule has 0 radical (unpaired) electrons. The van der Waals surface area contributed by atoms with Crippen LogP contribution in [0.5, 0.6) is 0 Å². The molecule has 5 atom stereocenters. The number of hydrogen-bond acceptors (Lipinski definition) is 15. The average Bonchev–Trinajstić information content (AvgIpc) is 3.49. The first-order chi connectivity index (χ1) is 27.9. The van der Waals surface area contributed by atoms with Gasteiger partial charge in [-0.1, -0.05) is 27.7 Å². The summed E-state index contributed by atoms with van der Waals surface area (Å²) >= 11 is 0. The molecule has 0 bridgehead atoms. The fourth-order valence-electron chi connectivity index (χ4n) is 6.39. The Hall–Kier alpha value is -3.04. The summed E-state index contributed by atoms with van der Waals surface area (Å²) in [6, 6.07) is 11.4. The molecular formula is C35H45BN3O16P3S2. The zero-order valence-corrected chi connectivity index (χ0v) is 37.5. The lowest BCUT2D eigenvalue weighted by Crippen LogP contribution is -2.36. The van der Waals surface area contributed by atoms with Crippen molar-refractivity contribution in [1.82, 2.24) is 5.32 Å². The van der Waals surface area contributed by atoms with E-state index in [1.165, 1.54) is 27.7 Å². The molecule has 5 rings (SSSR count). The smallest absolute Gasteiger partial charge is 0.478 e. The number of carboxylic acids is 1. The second kappa shape index (κ2) is 19.1. The van der Waals surface area contributed by atoms with Gasteiger partial charge in [-0.15, -0.1) is 0 Å². The van der Waals surface area contributed by atoms with Gasteiger partial charge in [-0.25, -0.2) is 18.5 Å². The number of phosphoric ester groups is 1. The van der Waals surface area contributed by atoms with Crippen LogP contribution in [0.15, 0.2) is 46.9 Å². The first kappa shape index (κ1) is 48.0. The molecule has 1 fully saturated rings. The van der Waals surface area contributed by atoms with Crippen LogP contribution in [0.4, 0.5) is 5.69 Å². The van der Waals surface area contributed by atoms with Crippen molar-refractivity contribution in [3.8, 4) is 22.5 Å². The number of amides is 1. The molecule has 0 spiro atoms. The molecule has 0 aromatic heterocycles. The second-order valence-electron chi connectivity index (χ2n) is 14.5. The summed E-state index contributed by atoms with van der Waals surface area (Å²) in [7, 11) is -12.1. The molecule has 2 aliphatic heterocycles. The van der Waals surface area contributed by atoms with E-state index in [1.807, 2.05) is 39.8 Å². The maximum atomic E-state index is 13.5. The minimum absolute atomic E-state index is 0.0932. The number of phosphoric acid groups is 3. The van der Waals surface area contributed by atoms with Gasteiger partial charge in [-0.05, 0) is 82.0 Å². The van der Waals surface area contributed by atoms with Gasteiger partial charge in [0.2, 0.25) is 0 Å². The van der Waals surface area contributed by atoms with Gasteiger partial charge in [0.15, 0.2) is 0 Å². The van der Waals surface area contributed by atoms with Gasteiger partial charge in [0.05, 0.1) is 23.6 Å². The molecule has 1 amide bonds. The summed E-state index contributed by atoms with van der Waals surface area (Å²) in [6.45, 7) is 9.69. The number of benzene rings is 3. The van der Waals surface area contributed by atoms with Crippen LogP contribution in [0.2, 0.25) is 0 Å². The van der Waals surface area contributed by atoms with Crippen LogP contribution in [0.25, 0.3) is 33.4 Å². The molecule has 2 heterocycles. The molecule has 19 nitrogen and oxygen atoms in total. The van der Waals surface area contributed by atoms with E-state index >= 15 is 0 Å². The van der Waals surface area contributed by atoms with Crippen LogP contribution in [0, 0.1) is 19.3 Å². The van der Waals surface area contributed by atoms with Crippen LogP contribution in [-0.2, 0) is 36.3 Å². The SMILES string of the molecule is B[C@H]1C[C@@H](OCSSC(C)(C)CNC(=O)c2ccc(-c3c4cc(C)c(=N)cc-4oc4cc(NCC)c(C)cc34)c(C(=O)O)c2)[C@@H](COP(=O)(O)OP(=O)(O)OP(=O)(O)O)O1. The van der Waals surface area contributed by atoms with E-state index < -0.39 is 58.9 Å². The van der Waals surface area contributed by atoms with Gasteiger partial charge in [0, 0.05) is 63.7 Å². The highest BCUT2D eigenvalue weighted by molar-refractivity contribution is 8.77. The van der Waals surface area contributed by atoms with Gasteiger partial charge in [0.1, 0.15) is 31.2 Å². The number of anilines is 1. The van der Waals surface area contributed by atoms with Crippen molar-refractivity contribution in [3.63, 3.8) is 0 Å². The van der Waals surface area contributed by atoms with Crippen molar-refractivity contribution < 1.29 is 75.0 Å². The molecular weight excluding hydrogens is 886 g/mol. The Bertz CT molecular complexity index is 2450. The van der Waals surface area contributed by atoms with Crippen molar-refractivity contribution in [2.24, 2.45) is 0 Å². The van der Waals surface area contributed by atoms with Crippen LogP contribution >= 0.6 is 45.1 Å². The van der Waals surface area contributed by atoms with E-state index in [9.17, 15) is 38.2 Å². The number of nitrogens with one attached hydrogen (secondary N) is 3. The highest BCUT2D eigenvalue weighted by atomic mass is 33.1. The number of aromatic carboxylic acids is 1. The molecule has 1 aliphatic carbocycles. The van der Waals surface area contributed by atoms with Crippen molar-refractivity contribution in [3.05, 3.63) is 70.1 Å². The first-order valence-electron chi connectivity index (χ1n) is 18.2. The van der Waals surface area contributed by atoms with E-state index in [-0.39, 0.29) is 35.0 Å². The van der Waals surface area contributed by atoms with E-state index in [0.717, 1.165) is 11.3 Å². The molecule has 326 valence electrons. The summed E-state index contributed by atoms with van der Waals surface area (Å²) in [6.07, 6.45) is -1.20.